The molecule has 7 heteroatoms. The zero-order valence-corrected chi connectivity index (χ0v) is 16.0. The molecule has 142 valence electrons. The van der Waals surface area contributed by atoms with Crippen LogP contribution in [0.3, 0.4) is 0 Å². The highest BCUT2D eigenvalue weighted by molar-refractivity contribution is 5.94. The van der Waals surface area contributed by atoms with Gasteiger partial charge in [0.2, 0.25) is 0 Å². The molecule has 3 aromatic heterocycles. The molecule has 0 spiro atoms. The number of aryl methyl sites for hydroxylation is 2. The second-order valence-electron chi connectivity index (χ2n) is 6.94. The summed E-state index contributed by atoms with van der Waals surface area (Å²) < 4.78 is 0. The van der Waals surface area contributed by atoms with Crippen molar-refractivity contribution in [3.8, 4) is 0 Å². The zero-order valence-electron chi connectivity index (χ0n) is 16.0. The number of rotatable bonds is 4. The Morgan fingerprint density at radius 3 is 2.71 bits per heavy atom. The SMILES string of the molecule is Cc1cccc(Nc2cc(C3CCCN3C(=O)c3cnc(C)nc3)ccn2)n1. The Kier molecular flexibility index (Phi) is 4.97. The van der Waals surface area contributed by atoms with Crippen molar-refractivity contribution >= 4 is 17.5 Å². The van der Waals surface area contributed by atoms with Gasteiger partial charge in [0.05, 0.1) is 11.6 Å². The van der Waals surface area contributed by atoms with E-state index in [0.717, 1.165) is 36.5 Å². The lowest BCUT2D eigenvalue weighted by molar-refractivity contribution is 0.0734. The summed E-state index contributed by atoms with van der Waals surface area (Å²) in [6.45, 7) is 4.48. The van der Waals surface area contributed by atoms with Crippen molar-refractivity contribution < 1.29 is 4.79 Å². The number of amides is 1. The van der Waals surface area contributed by atoms with Crippen LogP contribution < -0.4 is 5.32 Å². The Morgan fingerprint density at radius 2 is 1.93 bits per heavy atom. The van der Waals surface area contributed by atoms with Gasteiger partial charge < -0.3 is 10.2 Å². The smallest absolute Gasteiger partial charge is 0.257 e. The minimum atomic E-state index is -0.0332. The van der Waals surface area contributed by atoms with Crippen molar-refractivity contribution in [2.45, 2.75) is 32.7 Å². The number of pyridine rings is 2. The van der Waals surface area contributed by atoms with Crippen LogP contribution in [0.5, 0.6) is 0 Å². The molecule has 1 aliphatic heterocycles. The third kappa shape index (κ3) is 3.83. The largest absolute Gasteiger partial charge is 0.332 e. The fourth-order valence-electron chi connectivity index (χ4n) is 3.49. The van der Waals surface area contributed by atoms with Crippen LogP contribution in [-0.2, 0) is 0 Å². The summed E-state index contributed by atoms with van der Waals surface area (Å²) in [5.74, 6) is 2.09. The summed E-state index contributed by atoms with van der Waals surface area (Å²) in [5.41, 5.74) is 2.52. The van der Waals surface area contributed by atoms with E-state index in [1.54, 1.807) is 18.6 Å². The second-order valence-corrected chi connectivity index (χ2v) is 6.94. The molecule has 0 saturated carbocycles. The highest BCUT2D eigenvalue weighted by atomic mass is 16.2. The van der Waals surface area contributed by atoms with E-state index < -0.39 is 0 Å². The predicted molar refractivity (Wildman–Crippen MR) is 106 cm³/mol. The van der Waals surface area contributed by atoms with Crippen LogP contribution in [0.2, 0.25) is 0 Å². The monoisotopic (exact) mass is 374 g/mol. The lowest BCUT2D eigenvalue weighted by Gasteiger charge is -2.25. The van der Waals surface area contributed by atoms with Gasteiger partial charge in [-0.15, -0.1) is 0 Å². The summed E-state index contributed by atoms with van der Waals surface area (Å²) in [7, 11) is 0. The van der Waals surface area contributed by atoms with Crippen LogP contribution in [0.1, 0.15) is 46.3 Å². The van der Waals surface area contributed by atoms with E-state index >= 15 is 0 Å². The van der Waals surface area contributed by atoms with E-state index in [1.807, 2.05) is 49.1 Å². The second kappa shape index (κ2) is 7.72. The molecule has 7 nitrogen and oxygen atoms in total. The van der Waals surface area contributed by atoms with Crippen LogP contribution in [0.25, 0.3) is 0 Å². The Balaban J connectivity index is 1.56. The molecule has 0 aromatic carbocycles. The van der Waals surface area contributed by atoms with E-state index in [0.29, 0.717) is 17.2 Å². The minimum absolute atomic E-state index is 0.0165. The van der Waals surface area contributed by atoms with Gasteiger partial charge in [0.15, 0.2) is 0 Å². The van der Waals surface area contributed by atoms with Gasteiger partial charge in [0.1, 0.15) is 17.5 Å². The molecule has 1 unspecified atom stereocenters. The highest BCUT2D eigenvalue weighted by Gasteiger charge is 2.31. The third-order valence-corrected chi connectivity index (χ3v) is 4.85. The molecule has 3 aromatic rings. The number of hydrogen-bond donors (Lipinski definition) is 1. The van der Waals surface area contributed by atoms with Gasteiger partial charge >= 0.3 is 0 Å². The van der Waals surface area contributed by atoms with Crippen molar-refractivity contribution in [3.63, 3.8) is 0 Å². The Labute approximate surface area is 163 Å². The standard InChI is InChI=1S/C21H22N6O/c1-14-5-3-7-19(25-14)26-20-11-16(8-9-22-20)18-6-4-10-27(18)21(28)17-12-23-15(2)24-13-17/h3,5,7-9,11-13,18H,4,6,10H2,1-2H3,(H,22,25,26). The molecule has 1 aliphatic rings. The third-order valence-electron chi connectivity index (χ3n) is 4.85. The maximum absolute atomic E-state index is 13.0. The normalized spacial score (nSPS) is 16.2. The molecule has 0 bridgehead atoms. The molecular formula is C21H22N6O. The average molecular weight is 374 g/mol. The quantitative estimate of drug-likeness (QED) is 0.751. The van der Waals surface area contributed by atoms with E-state index in [-0.39, 0.29) is 11.9 Å². The van der Waals surface area contributed by atoms with E-state index in [4.69, 9.17) is 0 Å². The first-order chi connectivity index (χ1) is 13.6. The maximum atomic E-state index is 13.0. The highest BCUT2D eigenvalue weighted by Crippen LogP contribution is 2.33. The van der Waals surface area contributed by atoms with E-state index in [1.165, 1.54) is 0 Å². The van der Waals surface area contributed by atoms with Crippen LogP contribution in [0.4, 0.5) is 11.6 Å². The summed E-state index contributed by atoms with van der Waals surface area (Å²) in [6.07, 6.45) is 6.85. The number of anilines is 2. The summed E-state index contributed by atoms with van der Waals surface area (Å²) >= 11 is 0. The number of likely N-dealkylation sites (tertiary alicyclic amines) is 1. The lowest BCUT2D eigenvalue weighted by Crippen LogP contribution is -2.30. The predicted octanol–water partition coefficient (Wildman–Crippen LogP) is 3.60. The molecule has 1 saturated heterocycles. The zero-order chi connectivity index (χ0) is 19.5. The Bertz CT molecular complexity index is 988. The summed E-state index contributed by atoms with van der Waals surface area (Å²) in [6, 6.07) is 9.79. The number of aromatic nitrogens is 4. The first kappa shape index (κ1) is 18.0. The van der Waals surface area contributed by atoms with Gasteiger partial charge in [-0.3, -0.25) is 4.79 Å². The van der Waals surface area contributed by atoms with Crippen LogP contribution in [0.15, 0.2) is 48.9 Å². The minimum Gasteiger partial charge on any atom is -0.332 e. The van der Waals surface area contributed by atoms with Crippen molar-refractivity contribution in [3.05, 3.63) is 71.6 Å². The Hall–Kier alpha value is -3.35. The molecule has 1 atom stereocenters. The van der Waals surface area contributed by atoms with Crippen molar-refractivity contribution in [2.24, 2.45) is 0 Å². The van der Waals surface area contributed by atoms with Gasteiger partial charge in [0.25, 0.3) is 5.91 Å². The van der Waals surface area contributed by atoms with Gasteiger partial charge in [0, 0.05) is 30.8 Å². The fourth-order valence-corrected chi connectivity index (χ4v) is 3.49. The summed E-state index contributed by atoms with van der Waals surface area (Å²) in [5, 5.41) is 3.24. The van der Waals surface area contributed by atoms with E-state index in [9.17, 15) is 4.79 Å². The number of carbonyl (C=O) groups excluding carboxylic acids is 1. The Morgan fingerprint density at radius 1 is 1.11 bits per heavy atom. The van der Waals surface area contributed by atoms with Crippen molar-refractivity contribution in [2.75, 3.05) is 11.9 Å². The van der Waals surface area contributed by atoms with Gasteiger partial charge in [-0.2, -0.15) is 0 Å². The molecule has 1 amide bonds. The topological polar surface area (TPSA) is 83.9 Å². The first-order valence-corrected chi connectivity index (χ1v) is 9.36. The number of carbonyl (C=O) groups is 1. The first-order valence-electron chi connectivity index (χ1n) is 9.36. The number of nitrogens with one attached hydrogen (secondary N) is 1. The summed E-state index contributed by atoms with van der Waals surface area (Å²) in [4.78, 5) is 32.0. The molecule has 1 fully saturated rings. The van der Waals surface area contributed by atoms with Gasteiger partial charge in [-0.25, -0.2) is 19.9 Å². The van der Waals surface area contributed by atoms with Crippen molar-refractivity contribution in [1.29, 1.82) is 0 Å². The van der Waals surface area contributed by atoms with Crippen LogP contribution in [0, 0.1) is 13.8 Å². The van der Waals surface area contributed by atoms with Gasteiger partial charge in [-0.1, -0.05) is 6.07 Å². The lowest BCUT2D eigenvalue weighted by atomic mass is 10.1. The van der Waals surface area contributed by atoms with Crippen LogP contribution >= 0.6 is 0 Å². The number of hydrogen-bond acceptors (Lipinski definition) is 6. The van der Waals surface area contributed by atoms with Crippen molar-refractivity contribution in [1.82, 2.24) is 24.8 Å². The molecule has 0 aliphatic carbocycles. The molecule has 4 heterocycles. The molecular weight excluding hydrogens is 352 g/mol. The van der Waals surface area contributed by atoms with Crippen LogP contribution in [-0.4, -0.2) is 37.3 Å². The molecule has 4 rings (SSSR count). The molecule has 28 heavy (non-hydrogen) atoms. The average Bonchev–Trinajstić information content (AvgIpc) is 3.18. The fraction of sp³-hybridized carbons (Fsp3) is 0.286. The van der Waals surface area contributed by atoms with E-state index in [2.05, 4.69) is 25.3 Å². The number of nitrogens with zero attached hydrogens (tertiary/aromatic N) is 5. The maximum Gasteiger partial charge on any atom is 0.257 e. The molecule has 0 radical (unpaired) electrons. The molecule has 1 N–H and O–H groups in total. The van der Waals surface area contributed by atoms with Gasteiger partial charge in [-0.05, 0) is 56.5 Å².